The molecule has 1 aliphatic rings. The van der Waals surface area contributed by atoms with Crippen LogP contribution in [0.25, 0.3) is 0 Å². The maximum absolute atomic E-state index is 5.90. The van der Waals surface area contributed by atoms with Gasteiger partial charge in [0.2, 0.25) is 0 Å². The molecule has 0 heterocycles. The van der Waals surface area contributed by atoms with Gasteiger partial charge in [-0.15, -0.1) is 0 Å². The first-order chi connectivity index (χ1) is 10.2. The van der Waals surface area contributed by atoms with Gasteiger partial charge in [0, 0.05) is 24.7 Å². The Kier molecular flexibility index (Phi) is 6.52. The van der Waals surface area contributed by atoms with Gasteiger partial charge in [-0.3, -0.25) is 0 Å². The molecule has 3 nitrogen and oxygen atoms in total. The lowest BCUT2D eigenvalue weighted by Crippen LogP contribution is -2.30. The van der Waals surface area contributed by atoms with Crippen molar-refractivity contribution in [2.24, 2.45) is 11.7 Å². The Morgan fingerprint density at radius 2 is 2.00 bits per heavy atom. The molecule has 1 aromatic carbocycles. The molecule has 0 radical (unpaired) electrons. The molecule has 0 saturated heterocycles. The van der Waals surface area contributed by atoms with E-state index >= 15 is 0 Å². The maximum Gasteiger partial charge on any atom is 0.123 e. The van der Waals surface area contributed by atoms with Crippen molar-refractivity contribution in [3.05, 3.63) is 29.8 Å². The van der Waals surface area contributed by atoms with E-state index in [2.05, 4.69) is 18.7 Å². The molecule has 2 rings (SSSR count). The standard InChI is InChI=1S/C18H30N2O/c1-15(2)10-12-20(17-8-9-17)11-5-13-21-18-7-4-3-6-16(18)14-19/h3-4,6-7,15,17H,5,8-14,19H2,1-2H3. The van der Waals surface area contributed by atoms with E-state index in [9.17, 15) is 0 Å². The van der Waals surface area contributed by atoms with Crippen molar-refractivity contribution in [2.75, 3.05) is 19.7 Å². The van der Waals surface area contributed by atoms with Crippen LogP contribution in [0.4, 0.5) is 0 Å². The number of ether oxygens (including phenoxy) is 1. The summed E-state index contributed by atoms with van der Waals surface area (Å²) < 4.78 is 5.90. The highest BCUT2D eigenvalue weighted by atomic mass is 16.5. The molecule has 118 valence electrons. The van der Waals surface area contributed by atoms with Crippen molar-refractivity contribution in [1.82, 2.24) is 4.90 Å². The summed E-state index contributed by atoms with van der Waals surface area (Å²) in [6.45, 7) is 8.32. The van der Waals surface area contributed by atoms with Crippen LogP contribution in [0.5, 0.6) is 5.75 Å². The van der Waals surface area contributed by atoms with Gasteiger partial charge in [0.1, 0.15) is 5.75 Å². The van der Waals surface area contributed by atoms with Crippen LogP contribution in [0.1, 0.15) is 45.1 Å². The molecule has 0 aliphatic heterocycles. The third-order valence-corrected chi connectivity index (χ3v) is 4.10. The summed E-state index contributed by atoms with van der Waals surface area (Å²) in [4.78, 5) is 2.65. The summed E-state index contributed by atoms with van der Waals surface area (Å²) >= 11 is 0. The average Bonchev–Trinajstić information content (AvgIpc) is 3.31. The molecule has 0 amide bonds. The van der Waals surface area contributed by atoms with Crippen LogP contribution in [-0.4, -0.2) is 30.6 Å². The van der Waals surface area contributed by atoms with Crippen LogP contribution in [-0.2, 0) is 6.54 Å². The van der Waals surface area contributed by atoms with Crippen LogP contribution in [0.2, 0.25) is 0 Å². The minimum absolute atomic E-state index is 0.540. The molecule has 3 heteroatoms. The predicted molar refractivity (Wildman–Crippen MR) is 88.5 cm³/mol. The summed E-state index contributed by atoms with van der Waals surface area (Å²) in [5.41, 5.74) is 6.82. The highest BCUT2D eigenvalue weighted by Crippen LogP contribution is 2.27. The first-order valence-corrected chi connectivity index (χ1v) is 8.35. The molecule has 0 bridgehead atoms. The van der Waals surface area contributed by atoms with E-state index in [1.54, 1.807) is 0 Å². The monoisotopic (exact) mass is 290 g/mol. The minimum atomic E-state index is 0.540. The van der Waals surface area contributed by atoms with Crippen LogP contribution in [0.3, 0.4) is 0 Å². The van der Waals surface area contributed by atoms with Gasteiger partial charge >= 0.3 is 0 Å². The fraction of sp³-hybridized carbons (Fsp3) is 0.667. The zero-order chi connectivity index (χ0) is 15.1. The average molecular weight is 290 g/mol. The normalized spacial score (nSPS) is 14.9. The highest BCUT2D eigenvalue weighted by Gasteiger charge is 2.28. The Hall–Kier alpha value is -1.06. The fourth-order valence-electron chi connectivity index (χ4n) is 2.60. The van der Waals surface area contributed by atoms with Crippen molar-refractivity contribution < 1.29 is 4.74 Å². The lowest BCUT2D eigenvalue weighted by molar-refractivity contribution is 0.217. The van der Waals surface area contributed by atoms with Crippen molar-refractivity contribution in [3.63, 3.8) is 0 Å². The van der Waals surface area contributed by atoms with Gasteiger partial charge in [-0.2, -0.15) is 0 Å². The lowest BCUT2D eigenvalue weighted by Gasteiger charge is -2.23. The van der Waals surface area contributed by atoms with Crippen molar-refractivity contribution in [1.29, 1.82) is 0 Å². The van der Waals surface area contributed by atoms with Crippen LogP contribution in [0.15, 0.2) is 24.3 Å². The quantitative estimate of drug-likeness (QED) is 0.671. The van der Waals surface area contributed by atoms with Gasteiger partial charge in [-0.25, -0.2) is 0 Å². The van der Waals surface area contributed by atoms with Crippen LogP contribution in [0, 0.1) is 5.92 Å². The molecule has 2 N–H and O–H groups in total. The van der Waals surface area contributed by atoms with Crippen LogP contribution < -0.4 is 10.5 Å². The minimum Gasteiger partial charge on any atom is -0.493 e. The van der Waals surface area contributed by atoms with Gasteiger partial charge in [0.15, 0.2) is 0 Å². The van der Waals surface area contributed by atoms with E-state index in [-0.39, 0.29) is 0 Å². The molecular weight excluding hydrogens is 260 g/mol. The number of hydrogen-bond donors (Lipinski definition) is 1. The smallest absolute Gasteiger partial charge is 0.123 e. The number of para-hydroxylation sites is 1. The van der Waals surface area contributed by atoms with E-state index in [0.29, 0.717) is 6.54 Å². The molecule has 0 aromatic heterocycles. The van der Waals surface area contributed by atoms with E-state index < -0.39 is 0 Å². The predicted octanol–water partition coefficient (Wildman–Crippen LogP) is 3.42. The van der Waals surface area contributed by atoms with Gasteiger partial charge in [0.25, 0.3) is 0 Å². The Balaban J connectivity index is 1.70. The van der Waals surface area contributed by atoms with Gasteiger partial charge in [-0.1, -0.05) is 32.0 Å². The molecule has 1 saturated carbocycles. The summed E-state index contributed by atoms with van der Waals surface area (Å²) in [7, 11) is 0. The number of nitrogens with two attached hydrogens (primary N) is 1. The van der Waals surface area contributed by atoms with Gasteiger partial charge in [-0.05, 0) is 44.2 Å². The summed E-state index contributed by atoms with van der Waals surface area (Å²) in [6, 6.07) is 8.91. The maximum atomic E-state index is 5.90. The zero-order valence-corrected chi connectivity index (χ0v) is 13.6. The number of hydrogen-bond acceptors (Lipinski definition) is 3. The van der Waals surface area contributed by atoms with E-state index in [4.69, 9.17) is 10.5 Å². The van der Waals surface area contributed by atoms with Crippen molar-refractivity contribution in [2.45, 2.75) is 52.1 Å². The van der Waals surface area contributed by atoms with E-state index in [1.807, 2.05) is 24.3 Å². The molecule has 1 aliphatic carbocycles. The first kappa shape index (κ1) is 16.3. The second kappa shape index (κ2) is 8.40. The molecule has 0 spiro atoms. The zero-order valence-electron chi connectivity index (χ0n) is 13.6. The molecular formula is C18H30N2O. The first-order valence-electron chi connectivity index (χ1n) is 8.35. The molecule has 0 atom stereocenters. The number of benzene rings is 1. The third-order valence-electron chi connectivity index (χ3n) is 4.10. The summed E-state index contributed by atoms with van der Waals surface area (Å²) in [5.74, 6) is 1.74. The second-order valence-electron chi connectivity index (χ2n) is 6.46. The molecule has 1 aromatic rings. The second-order valence-corrected chi connectivity index (χ2v) is 6.46. The number of nitrogens with zero attached hydrogens (tertiary/aromatic N) is 1. The fourth-order valence-corrected chi connectivity index (χ4v) is 2.60. The Morgan fingerprint density at radius 1 is 1.24 bits per heavy atom. The third kappa shape index (κ3) is 5.68. The van der Waals surface area contributed by atoms with Crippen LogP contribution >= 0.6 is 0 Å². The van der Waals surface area contributed by atoms with Crippen molar-refractivity contribution in [3.8, 4) is 5.75 Å². The topological polar surface area (TPSA) is 38.5 Å². The molecule has 21 heavy (non-hydrogen) atoms. The molecule has 1 fully saturated rings. The lowest BCUT2D eigenvalue weighted by atomic mass is 10.1. The van der Waals surface area contributed by atoms with Gasteiger partial charge in [0.05, 0.1) is 6.61 Å². The SMILES string of the molecule is CC(C)CCN(CCCOc1ccccc1CN)C1CC1. The van der Waals surface area contributed by atoms with Gasteiger partial charge < -0.3 is 15.4 Å². The molecule has 0 unspecified atom stereocenters. The van der Waals surface area contributed by atoms with E-state index in [1.165, 1.54) is 25.8 Å². The summed E-state index contributed by atoms with van der Waals surface area (Å²) in [5, 5.41) is 0. The Bertz CT molecular complexity index is 415. The van der Waals surface area contributed by atoms with E-state index in [0.717, 1.165) is 42.8 Å². The van der Waals surface area contributed by atoms with Crippen molar-refractivity contribution >= 4 is 0 Å². The number of rotatable bonds is 10. The summed E-state index contributed by atoms with van der Waals surface area (Å²) in [6.07, 6.45) is 5.16. The largest absolute Gasteiger partial charge is 0.493 e. The Morgan fingerprint density at radius 3 is 2.67 bits per heavy atom. The Labute approximate surface area is 129 Å². The highest BCUT2D eigenvalue weighted by molar-refractivity contribution is 5.32.